The monoisotopic (exact) mass is 345 g/mol. The Hall–Kier alpha value is -2.12. The first-order valence-corrected chi connectivity index (χ1v) is 8.73. The van der Waals surface area contributed by atoms with Gasteiger partial charge in [0.25, 0.3) is 0 Å². The van der Waals surface area contributed by atoms with Crippen LogP contribution >= 0.6 is 0 Å². The first kappa shape index (κ1) is 16.4. The molecule has 0 radical (unpaired) electrons. The Bertz CT molecular complexity index is 748. The molecule has 2 aliphatic heterocycles. The molecule has 0 bridgehead atoms. The Morgan fingerprint density at radius 3 is 3.00 bits per heavy atom. The molecule has 0 spiro atoms. The van der Waals surface area contributed by atoms with Gasteiger partial charge in [0.05, 0.1) is 12.0 Å². The van der Waals surface area contributed by atoms with Crippen LogP contribution in [-0.4, -0.2) is 52.1 Å². The van der Waals surface area contributed by atoms with E-state index in [0.29, 0.717) is 37.9 Å². The Morgan fingerprint density at radius 2 is 2.16 bits per heavy atom. The highest BCUT2D eigenvalue weighted by Crippen LogP contribution is 2.35. The van der Waals surface area contributed by atoms with Gasteiger partial charge in [0, 0.05) is 18.7 Å². The molecule has 1 aromatic heterocycles. The van der Waals surface area contributed by atoms with Crippen molar-refractivity contribution in [1.82, 2.24) is 15.0 Å². The molecule has 0 aliphatic carbocycles. The van der Waals surface area contributed by atoms with Crippen LogP contribution in [0.25, 0.3) is 0 Å². The number of hydrogen-bond donors (Lipinski definition) is 1. The van der Waals surface area contributed by atoms with E-state index in [1.54, 1.807) is 6.92 Å². The Morgan fingerprint density at radius 1 is 1.28 bits per heavy atom. The van der Waals surface area contributed by atoms with Crippen LogP contribution in [-0.2, 0) is 13.0 Å². The van der Waals surface area contributed by atoms with Crippen molar-refractivity contribution in [1.29, 1.82) is 0 Å². The van der Waals surface area contributed by atoms with Gasteiger partial charge in [-0.25, -0.2) is 0 Å². The van der Waals surface area contributed by atoms with Crippen molar-refractivity contribution < 1.29 is 19.1 Å². The minimum Gasteiger partial charge on any atom is -0.486 e. The Labute approximate surface area is 146 Å². The number of benzene rings is 1. The zero-order valence-corrected chi connectivity index (χ0v) is 14.4. The van der Waals surface area contributed by atoms with Gasteiger partial charge >= 0.3 is 0 Å². The number of aliphatic hydroxyl groups is 1. The van der Waals surface area contributed by atoms with Crippen LogP contribution in [0.15, 0.2) is 22.7 Å². The summed E-state index contributed by atoms with van der Waals surface area (Å²) in [5.41, 5.74) is 0.249. The highest BCUT2D eigenvalue weighted by atomic mass is 16.6. The molecule has 1 unspecified atom stereocenters. The number of rotatable bonds is 4. The molecule has 7 heteroatoms. The second-order valence-corrected chi connectivity index (χ2v) is 6.89. The first-order valence-electron chi connectivity index (χ1n) is 8.73. The highest BCUT2D eigenvalue weighted by Gasteiger charge is 2.35. The van der Waals surface area contributed by atoms with Gasteiger partial charge in [0.2, 0.25) is 5.89 Å². The van der Waals surface area contributed by atoms with Crippen molar-refractivity contribution in [3.8, 4) is 11.5 Å². The fourth-order valence-electron chi connectivity index (χ4n) is 3.68. The zero-order chi connectivity index (χ0) is 17.3. The average molecular weight is 345 g/mol. The molecular weight excluding hydrogens is 322 g/mol. The molecule has 0 amide bonds. The lowest BCUT2D eigenvalue weighted by Gasteiger charge is -2.39. The van der Waals surface area contributed by atoms with Gasteiger partial charge in [0.15, 0.2) is 17.3 Å². The van der Waals surface area contributed by atoms with Crippen LogP contribution < -0.4 is 9.47 Å². The van der Waals surface area contributed by atoms with E-state index < -0.39 is 5.60 Å². The fraction of sp³-hybridized carbons (Fsp3) is 0.556. The standard InChI is InChI=1S/C18H23N3O4/c1-13-19-16(25-20-13)10-18(22)6-3-7-21(12-18)11-14-4-2-5-15-17(14)24-9-8-23-15/h2,4-5,22H,3,6-12H2,1H3. The van der Waals surface area contributed by atoms with Crippen LogP contribution in [0.4, 0.5) is 0 Å². The van der Waals surface area contributed by atoms with Gasteiger partial charge in [-0.3, -0.25) is 4.90 Å². The van der Waals surface area contributed by atoms with Gasteiger partial charge in [-0.15, -0.1) is 0 Å². The van der Waals surface area contributed by atoms with Crippen molar-refractivity contribution in [2.24, 2.45) is 0 Å². The molecule has 1 aromatic carbocycles. The van der Waals surface area contributed by atoms with Gasteiger partial charge in [-0.1, -0.05) is 17.3 Å². The smallest absolute Gasteiger partial charge is 0.229 e. The van der Waals surface area contributed by atoms with Crippen molar-refractivity contribution >= 4 is 0 Å². The summed E-state index contributed by atoms with van der Waals surface area (Å²) in [4.78, 5) is 6.47. The number of aromatic nitrogens is 2. The van der Waals surface area contributed by atoms with Crippen molar-refractivity contribution in [3.63, 3.8) is 0 Å². The van der Waals surface area contributed by atoms with Crippen LogP contribution in [0, 0.1) is 6.92 Å². The third-order valence-corrected chi connectivity index (χ3v) is 4.73. The summed E-state index contributed by atoms with van der Waals surface area (Å²) in [7, 11) is 0. The fourth-order valence-corrected chi connectivity index (χ4v) is 3.68. The number of piperidine rings is 1. The second kappa shape index (κ2) is 6.65. The van der Waals surface area contributed by atoms with Gasteiger partial charge < -0.3 is 19.1 Å². The number of nitrogens with zero attached hydrogens (tertiary/aromatic N) is 3. The molecule has 2 aromatic rings. The van der Waals surface area contributed by atoms with E-state index in [2.05, 4.69) is 21.1 Å². The molecule has 3 heterocycles. The molecule has 1 saturated heterocycles. The van der Waals surface area contributed by atoms with Gasteiger partial charge in [-0.05, 0) is 32.4 Å². The van der Waals surface area contributed by atoms with Crippen LogP contribution in [0.3, 0.4) is 0 Å². The lowest BCUT2D eigenvalue weighted by atomic mass is 9.89. The number of hydrogen-bond acceptors (Lipinski definition) is 7. The minimum absolute atomic E-state index is 0.386. The van der Waals surface area contributed by atoms with E-state index in [9.17, 15) is 5.11 Å². The number of aryl methyl sites for hydroxylation is 1. The van der Waals surface area contributed by atoms with E-state index in [-0.39, 0.29) is 0 Å². The SMILES string of the molecule is Cc1noc(CC2(O)CCCN(Cc3cccc4c3OCCO4)C2)n1. The van der Waals surface area contributed by atoms with E-state index in [1.807, 2.05) is 12.1 Å². The first-order chi connectivity index (χ1) is 12.1. The summed E-state index contributed by atoms with van der Waals surface area (Å²) >= 11 is 0. The molecular formula is C18H23N3O4. The summed E-state index contributed by atoms with van der Waals surface area (Å²) in [6, 6.07) is 5.98. The normalized spacial score (nSPS) is 23.6. The third kappa shape index (κ3) is 3.62. The summed E-state index contributed by atoms with van der Waals surface area (Å²) in [5, 5.41) is 14.8. The van der Waals surface area contributed by atoms with Crippen LogP contribution in [0.1, 0.15) is 30.1 Å². The summed E-state index contributed by atoms with van der Waals surface area (Å²) in [6.45, 7) is 5.17. The topological polar surface area (TPSA) is 80.9 Å². The Balaban J connectivity index is 1.46. The van der Waals surface area contributed by atoms with E-state index in [1.165, 1.54) is 0 Å². The molecule has 1 atom stereocenters. The summed E-state index contributed by atoms with van der Waals surface area (Å²) in [6.07, 6.45) is 2.05. The predicted molar refractivity (Wildman–Crippen MR) is 89.6 cm³/mol. The van der Waals surface area contributed by atoms with Gasteiger partial charge in [-0.2, -0.15) is 4.98 Å². The molecule has 25 heavy (non-hydrogen) atoms. The number of β-amino-alcohol motifs (C(OH)–C–C–N with tert-alkyl or cyclic N) is 1. The molecule has 7 nitrogen and oxygen atoms in total. The number of ether oxygens (including phenoxy) is 2. The van der Waals surface area contributed by atoms with Gasteiger partial charge in [0.1, 0.15) is 13.2 Å². The van der Waals surface area contributed by atoms with Crippen molar-refractivity contribution in [3.05, 3.63) is 35.5 Å². The Kier molecular flexibility index (Phi) is 4.35. The summed E-state index contributed by atoms with van der Waals surface area (Å²) < 4.78 is 16.6. The molecule has 1 fully saturated rings. The van der Waals surface area contributed by atoms with E-state index >= 15 is 0 Å². The maximum absolute atomic E-state index is 11.0. The van der Waals surface area contributed by atoms with E-state index in [4.69, 9.17) is 14.0 Å². The number of likely N-dealkylation sites (tertiary alicyclic amines) is 1. The van der Waals surface area contributed by atoms with Crippen molar-refractivity contribution in [2.75, 3.05) is 26.3 Å². The zero-order valence-electron chi connectivity index (χ0n) is 14.4. The second-order valence-electron chi connectivity index (χ2n) is 6.89. The lowest BCUT2D eigenvalue weighted by Crippen LogP contribution is -2.49. The van der Waals surface area contributed by atoms with Crippen LogP contribution in [0.5, 0.6) is 11.5 Å². The quantitative estimate of drug-likeness (QED) is 0.903. The maximum Gasteiger partial charge on any atom is 0.229 e. The molecule has 1 N–H and O–H groups in total. The average Bonchev–Trinajstić information content (AvgIpc) is 2.99. The highest BCUT2D eigenvalue weighted by molar-refractivity contribution is 5.47. The molecule has 134 valence electrons. The van der Waals surface area contributed by atoms with Crippen molar-refractivity contribution in [2.45, 2.75) is 38.3 Å². The minimum atomic E-state index is -0.844. The summed E-state index contributed by atoms with van der Waals surface area (Å²) in [5.74, 6) is 2.72. The van der Waals surface area contributed by atoms with Crippen LogP contribution in [0.2, 0.25) is 0 Å². The largest absolute Gasteiger partial charge is 0.486 e. The number of para-hydroxylation sites is 1. The maximum atomic E-state index is 11.0. The molecule has 0 saturated carbocycles. The van der Waals surface area contributed by atoms with E-state index in [0.717, 1.165) is 43.0 Å². The lowest BCUT2D eigenvalue weighted by molar-refractivity contribution is -0.0376. The number of fused-ring (bicyclic) bond motifs is 1. The third-order valence-electron chi connectivity index (χ3n) is 4.73. The predicted octanol–water partition coefficient (Wildman–Crippen LogP) is 1.72. The molecule has 2 aliphatic rings. The molecule has 4 rings (SSSR count).